The summed E-state index contributed by atoms with van der Waals surface area (Å²) in [6.45, 7) is 0.744. The Bertz CT molecular complexity index is 655. The number of benzene rings is 2. The fraction of sp³-hybridized carbons (Fsp3) is 0.188. The molecule has 0 aliphatic carbocycles. The molecule has 19 heavy (non-hydrogen) atoms. The van der Waals surface area contributed by atoms with Crippen molar-refractivity contribution in [1.29, 1.82) is 0 Å². The highest BCUT2D eigenvalue weighted by molar-refractivity contribution is 7.99. The number of nitrogens with two attached hydrogens (primary N) is 1. The monoisotopic (exact) mass is 268 g/mol. The lowest BCUT2D eigenvalue weighted by Gasteiger charge is -2.10. The van der Waals surface area contributed by atoms with Gasteiger partial charge < -0.3 is 5.73 Å². The van der Waals surface area contributed by atoms with Crippen molar-refractivity contribution in [2.75, 3.05) is 12.3 Å². The van der Waals surface area contributed by atoms with E-state index >= 15 is 0 Å². The number of rotatable bonds is 4. The maximum Gasteiger partial charge on any atom is 0.0721 e. The molecule has 3 aromatic rings. The van der Waals surface area contributed by atoms with Crippen molar-refractivity contribution in [3.63, 3.8) is 0 Å². The van der Waals surface area contributed by atoms with E-state index in [1.165, 1.54) is 15.7 Å². The van der Waals surface area contributed by atoms with Crippen LogP contribution in [0, 0.1) is 0 Å². The summed E-state index contributed by atoms with van der Waals surface area (Å²) in [4.78, 5) is 6.06. The maximum atomic E-state index is 5.59. The van der Waals surface area contributed by atoms with Crippen LogP contribution in [0.3, 0.4) is 0 Å². The van der Waals surface area contributed by atoms with Crippen LogP contribution in [-0.4, -0.2) is 17.3 Å². The Morgan fingerprint density at radius 3 is 2.05 bits per heavy atom. The molecule has 0 atom stereocenters. The molecule has 0 fully saturated rings. The molecule has 0 aliphatic rings. The highest BCUT2D eigenvalue weighted by Gasteiger charge is 2.08. The predicted molar refractivity (Wildman–Crippen MR) is 83.6 cm³/mol. The van der Waals surface area contributed by atoms with E-state index in [1.807, 2.05) is 23.9 Å². The lowest BCUT2D eigenvalue weighted by Crippen LogP contribution is -1.99. The Kier molecular flexibility index (Phi) is 3.67. The summed E-state index contributed by atoms with van der Waals surface area (Å²) in [6.07, 6.45) is 1.04. The van der Waals surface area contributed by atoms with Crippen molar-refractivity contribution in [3.8, 4) is 0 Å². The van der Waals surface area contributed by atoms with Gasteiger partial charge in [0, 0.05) is 15.7 Å². The molecule has 0 saturated carbocycles. The lowest BCUT2D eigenvalue weighted by molar-refractivity contribution is 0.943. The van der Waals surface area contributed by atoms with E-state index in [9.17, 15) is 0 Å². The van der Waals surface area contributed by atoms with Gasteiger partial charge in [0.25, 0.3) is 0 Å². The first kappa shape index (κ1) is 12.5. The van der Waals surface area contributed by atoms with Crippen molar-refractivity contribution < 1.29 is 0 Å². The van der Waals surface area contributed by atoms with Crippen LogP contribution < -0.4 is 5.73 Å². The quantitative estimate of drug-likeness (QED) is 0.444. The van der Waals surface area contributed by atoms with Crippen LogP contribution >= 0.6 is 11.8 Å². The molecular weight excluding hydrogens is 252 g/mol. The van der Waals surface area contributed by atoms with Crippen LogP contribution in [-0.2, 0) is 0 Å². The highest BCUT2D eigenvalue weighted by Crippen LogP contribution is 2.34. The Balaban J connectivity index is 2.21. The Labute approximate surface area is 117 Å². The first-order chi connectivity index (χ1) is 9.40. The van der Waals surface area contributed by atoms with Gasteiger partial charge in [-0.1, -0.05) is 36.4 Å². The molecule has 2 aromatic carbocycles. The fourth-order valence-corrected chi connectivity index (χ4v) is 3.39. The van der Waals surface area contributed by atoms with Crippen LogP contribution in [0.4, 0.5) is 0 Å². The van der Waals surface area contributed by atoms with Gasteiger partial charge in [-0.25, -0.2) is 4.98 Å². The summed E-state index contributed by atoms with van der Waals surface area (Å²) in [5, 5.41) is 2.48. The minimum absolute atomic E-state index is 0.744. The molecule has 0 amide bonds. The van der Waals surface area contributed by atoms with E-state index in [0.29, 0.717) is 0 Å². The molecule has 2 nitrogen and oxygen atoms in total. The zero-order valence-corrected chi connectivity index (χ0v) is 11.5. The van der Waals surface area contributed by atoms with Gasteiger partial charge in [-0.05, 0) is 30.9 Å². The minimum atomic E-state index is 0.744. The van der Waals surface area contributed by atoms with Crippen LogP contribution in [0.2, 0.25) is 0 Å². The first-order valence-electron chi connectivity index (χ1n) is 6.50. The average Bonchev–Trinajstić information content (AvgIpc) is 2.46. The summed E-state index contributed by atoms with van der Waals surface area (Å²) in [7, 11) is 0. The van der Waals surface area contributed by atoms with E-state index in [4.69, 9.17) is 10.7 Å². The van der Waals surface area contributed by atoms with E-state index < -0.39 is 0 Å². The number of hydrogen-bond donors (Lipinski definition) is 1. The van der Waals surface area contributed by atoms with Crippen LogP contribution in [0.1, 0.15) is 6.42 Å². The molecule has 0 unspecified atom stereocenters. The average molecular weight is 268 g/mol. The molecule has 1 aromatic heterocycles. The van der Waals surface area contributed by atoms with Crippen molar-refractivity contribution >= 4 is 33.6 Å². The standard InChI is InChI=1S/C16H16N2S/c17-10-5-11-19-16-12-6-1-3-8-14(12)18-15-9-4-2-7-13(15)16/h1-4,6-9H,5,10-11,17H2. The number of fused-ring (bicyclic) bond motifs is 2. The summed E-state index contributed by atoms with van der Waals surface area (Å²) >= 11 is 1.88. The van der Waals surface area contributed by atoms with Gasteiger partial charge in [0.2, 0.25) is 0 Å². The number of nitrogens with zero attached hydrogens (tertiary/aromatic N) is 1. The van der Waals surface area contributed by atoms with Gasteiger partial charge in [-0.3, -0.25) is 0 Å². The zero-order valence-electron chi connectivity index (χ0n) is 10.7. The van der Waals surface area contributed by atoms with E-state index in [0.717, 1.165) is 29.8 Å². The SMILES string of the molecule is NCCCSc1c2ccccc2nc2ccccc12. The molecule has 0 saturated heterocycles. The number of thioether (sulfide) groups is 1. The number of para-hydroxylation sites is 2. The van der Waals surface area contributed by atoms with Crippen molar-refractivity contribution in [3.05, 3.63) is 48.5 Å². The number of aromatic nitrogens is 1. The second-order valence-corrected chi connectivity index (χ2v) is 5.57. The summed E-state index contributed by atoms with van der Waals surface area (Å²) in [5.41, 5.74) is 7.72. The van der Waals surface area contributed by atoms with Gasteiger partial charge in [0.15, 0.2) is 0 Å². The smallest absolute Gasteiger partial charge is 0.0721 e. The summed E-state index contributed by atoms with van der Waals surface area (Å²) < 4.78 is 0. The fourth-order valence-electron chi connectivity index (χ4n) is 2.21. The molecule has 0 radical (unpaired) electrons. The molecule has 3 heteroatoms. The van der Waals surface area contributed by atoms with Gasteiger partial charge >= 0.3 is 0 Å². The molecule has 0 spiro atoms. The third kappa shape index (κ3) is 2.44. The number of pyridine rings is 1. The predicted octanol–water partition coefficient (Wildman–Crippen LogP) is 3.83. The van der Waals surface area contributed by atoms with E-state index in [1.54, 1.807) is 0 Å². The Morgan fingerprint density at radius 2 is 1.47 bits per heavy atom. The largest absolute Gasteiger partial charge is 0.330 e. The van der Waals surface area contributed by atoms with E-state index in [-0.39, 0.29) is 0 Å². The van der Waals surface area contributed by atoms with Gasteiger partial charge in [0.05, 0.1) is 11.0 Å². The second-order valence-electron chi connectivity index (χ2n) is 4.47. The summed E-state index contributed by atoms with van der Waals surface area (Å²) in [6, 6.07) is 16.7. The van der Waals surface area contributed by atoms with Crippen LogP contribution in [0.15, 0.2) is 53.4 Å². The number of hydrogen-bond acceptors (Lipinski definition) is 3. The summed E-state index contributed by atoms with van der Waals surface area (Å²) in [5.74, 6) is 1.05. The zero-order chi connectivity index (χ0) is 13.1. The van der Waals surface area contributed by atoms with Gasteiger partial charge in [0.1, 0.15) is 0 Å². The second kappa shape index (κ2) is 5.59. The molecule has 96 valence electrons. The van der Waals surface area contributed by atoms with Gasteiger partial charge in [-0.15, -0.1) is 11.8 Å². The minimum Gasteiger partial charge on any atom is -0.330 e. The Hall–Kier alpha value is -1.58. The maximum absolute atomic E-state index is 5.59. The molecular formula is C16H16N2S. The van der Waals surface area contributed by atoms with E-state index in [2.05, 4.69) is 36.4 Å². The molecule has 1 heterocycles. The highest BCUT2D eigenvalue weighted by atomic mass is 32.2. The van der Waals surface area contributed by atoms with Gasteiger partial charge in [-0.2, -0.15) is 0 Å². The molecule has 0 aliphatic heterocycles. The van der Waals surface area contributed by atoms with Crippen molar-refractivity contribution in [2.24, 2.45) is 5.73 Å². The normalized spacial score (nSPS) is 11.2. The topological polar surface area (TPSA) is 38.9 Å². The van der Waals surface area contributed by atoms with Crippen LogP contribution in [0.5, 0.6) is 0 Å². The van der Waals surface area contributed by atoms with Crippen molar-refractivity contribution in [2.45, 2.75) is 11.3 Å². The Morgan fingerprint density at radius 1 is 0.895 bits per heavy atom. The molecule has 3 rings (SSSR count). The van der Waals surface area contributed by atoms with Crippen LogP contribution in [0.25, 0.3) is 21.8 Å². The molecule has 2 N–H and O–H groups in total. The van der Waals surface area contributed by atoms with Crippen molar-refractivity contribution in [1.82, 2.24) is 4.98 Å². The first-order valence-corrected chi connectivity index (χ1v) is 7.49. The third-order valence-electron chi connectivity index (χ3n) is 3.13. The lowest BCUT2D eigenvalue weighted by atomic mass is 10.1. The third-order valence-corrected chi connectivity index (χ3v) is 4.35. The molecule has 0 bridgehead atoms.